The number of pyridine rings is 1. The van der Waals surface area contributed by atoms with Gasteiger partial charge in [0.1, 0.15) is 0 Å². The van der Waals surface area contributed by atoms with Crippen LogP contribution in [0.1, 0.15) is 31.0 Å². The van der Waals surface area contributed by atoms with Crippen molar-refractivity contribution in [1.29, 1.82) is 0 Å². The molecule has 0 aliphatic carbocycles. The van der Waals surface area contributed by atoms with Crippen molar-refractivity contribution >= 4 is 11.8 Å². The standard InChI is InChI=1S/C11H14N2/c1-8(2)9-5-7-12-10-4-3-6-13-11(9)10/h3-5,7-8,13H,6H2,1-2H3. The maximum Gasteiger partial charge on any atom is 0.0861 e. The van der Waals surface area contributed by atoms with E-state index in [1.54, 1.807) is 0 Å². The van der Waals surface area contributed by atoms with Crippen LogP contribution in [0.4, 0.5) is 5.69 Å². The van der Waals surface area contributed by atoms with E-state index in [1.807, 2.05) is 6.20 Å². The topological polar surface area (TPSA) is 24.9 Å². The minimum Gasteiger partial charge on any atom is -0.380 e. The molecule has 0 bridgehead atoms. The highest BCUT2D eigenvalue weighted by Gasteiger charge is 2.11. The van der Waals surface area contributed by atoms with Crippen LogP contribution in [-0.2, 0) is 0 Å². The number of rotatable bonds is 1. The number of hydrogen-bond acceptors (Lipinski definition) is 2. The molecule has 0 unspecified atom stereocenters. The molecule has 0 aromatic carbocycles. The van der Waals surface area contributed by atoms with E-state index in [9.17, 15) is 0 Å². The minimum absolute atomic E-state index is 0.552. The number of anilines is 1. The monoisotopic (exact) mass is 174 g/mol. The summed E-state index contributed by atoms with van der Waals surface area (Å²) in [5, 5.41) is 3.36. The SMILES string of the molecule is CC(C)c1ccnc2c1NCC=C2. The van der Waals surface area contributed by atoms with E-state index < -0.39 is 0 Å². The van der Waals surface area contributed by atoms with E-state index in [-0.39, 0.29) is 0 Å². The minimum atomic E-state index is 0.552. The Bertz CT molecular complexity index is 340. The molecular formula is C11H14N2. The molecule has 13 heavy (non-hydrogen) atoms. The molecule has 2 rings (SSSR count). The first-order valence-corrected chi connectivity index (χ1v) is 4.68. The molecule has 0 spiro atoms. The van der Waals surface area contributed by atoms with E-state index in [1.165, 1.54) is 11.3 Å². The number of fused-ring (bicyclic) bond motifs is 1. The van der Waals surface area contributed by atoms with Crippen molar-refractivity contribution in [3.63, 3.8) is 0 Å². The van der Waals surface area contributed by atoms with Crippen molar-refractivity contribution in [1.82, 2.24) is 4.98 Å². The molecule has 2 heterocycles. The van der Waals surface area contributed by atoms with Gasteiger partial charge >= 0.3 is 0 Å². The first-order valence-electron chi connectivity index (χ1n) is 4.68. The summed E-state index contributed by atoms with van der Waals surface area (Å²) in [6.45, 7) is 5.32. The van der Waals surface area contributed by atoms with Crippen molar-refractivity contribution in [2.45, 2.75) is 19.8 Å². The lowest BCUT2D eigenvalue weighted by Gasteiger charge is -2.18. The second kappa shape index (κ2) is 3.21. The van der Waals surface area contributed by atoms with Gasteiger partial charge in [0.2, 0.25) is 0 Å². The average Bonchev–Trinajstić information content (AvgIpc) is 2.17. The fourth-order valence-electron chi connectivity index (χ4n) is 1.63. The van der Waals surface area contributed by atoms with Crippen LogP contribution in [0, 0.1) is 0 Å². The van der Waals surface area contributed by atoms with Crippen LogP contribution in [0.15, 0.2) is 18.3 Å². The van der Waals surface area contributed by atoms with Crippen LogP contribution in [0.5, 0.6) is 0 Å². The summed E-state index contributed by atoms with van der Waals surface area (Å²) in [6.07, 6.45) is 6.06. The Kier molecular flexibility index (Phi) is 2.05. The van der Waals surface area contributed by atoms with Gasteiger partial charge in [-0.3, -0.25) is 4.98 Å². The Morgan fingerprint density at radius 1 is 1.46 bits per heavy atom. The molecule has 1 aliphatic rings. The lowest BCUT2D eigenvalue weighted by molar-refractivity contribution is 0.862. The van der Waals surface area contributed by atoms with E-state index in [0.29, 0.717) is 5.92 Å². The van der Waals surface area contributed by atoms with Gasteiger partial charge in [-0.25, -0.2) is 0 Å². The van der Waals surface area contributed by atoms with Crippen LogP contribution in [0.2, 0.25) is 0 Å². The Hall–Kier alpha value is -1.31. The Morgan fingerprint density at radius 3 is 3.08 bits per heavy atom. The van der Waals surface area contributed by atoms with Crippen molar-refractivity contribution in [3.8, 4) is 0 Å². The highest BCUT2D eigenvalue weighted by Crippen LogP contribution is 2.28. The molecule has 0 amide bonds. The van der Waals surface area contributed by atoms with Crippen molar-refractivity contribution in [2.24, 2.45) is 0 Å². The van der Waals surface area contributed by atoms with Gasteiger partial charge in [0.25, 0.3) is 0 Å². The van der Waals surface area contributed by atoms with Crippen LogP contribution in [0.3, 0.4) is 0 Å². The van der Waals surface area contributed by atoms with Gasteiger partial charge in [0, 0.05) is 12.7 Å². The summed E-state index contributed by atoms with van der Waals surface area (Å²) < 4.78 is 0. The fraction of sp³-hybridized carbons (Fsp3) is 0.364. The lowest BCUT2D eigenvalue weighted by Crippen LogP contribution is -2.09. The molecule has 2 heteroatoms. The van der Waals surface area contributed by atoms with Gasteiger partial charge in [0.05, 0.1) is 11.4 Å². The molecule has 0 radical (unpaired) electrons. The number of nitrogens with zero attached hydrogens (tertiary/aromatic N) is 1. The predicted molar refractivity (Wildman–Crippen MR) is 55.8 cm³/mol. The molecule has 0 atom stereocenters. The normalized spacial score (nSPS) is 14.1. The zero-order valence-corrected chi connectivity index (χ0v) is 8.04. The highest BCUT2D eigenvalue weighted by atomic mass is 14.9. The quantitative estimate of drug-likeness (QED) is 0.708. The first-order chi connectivity index (χ1) is 6.29. The molecular weight excluding hydrogens is 160 g/mol. The van der Waals surface area contributed by atoms with Crippen LogP contribution in [-0.4, -0.2) is 11.5 Å². The molecule has 0 saturated heterocycles. The zero-order valence-electron chi connectivity index (χ0n) is 8.04. The van der Waals surface area contributed by atoms with Gasteiger partial charge in [-0.15, -0.1) is 0 Å². The summed E-state index contributed by atoms with van der Waals surface area (Å²) in [4.78, 5) is 4.31. The molecule has 68 valence electrons. The third-order valence-corrected chi connectivity index (χ3v) is 2.31. The third kappa shape index (κ3) is 1.44. The Balaban J connectivity index is 2.53. The summed E-state index contributed by atoms with van der Waals surface area (Å²) in [5.41, 5.74) is 3.63. The molecule has 0 fully saturated rings. The number of nitrogens with one attached hydrogen (secondary N) is 1. The molecule has 0 saturated carbocycles. The number of aromatic nitrogens is 1. The van der Waals surface area contributed by atoms with Gasteiger partial charge in [-0.05, 0) is 23.6 Å². The second-order valence-electron chi connectivity index (χ2n) is 3.60. The van der Waals surface area contributed by atoms with Gasteiger partial charge in [-0.2, -0.15) is 0 Å². The molecule has 2 nitrogen and oxygen atoms in total. The van der Waals surface area contributed by atoms with Crippen molar-refractivity contribution < 1.29 is 0 Å². The third-order valence-electron chi connectivity index (χ3n) is 2.31. The first kappa shape index (κ1) is 8.30. The number of hydrogen-bond donors (Lipinski definition) is 1. The van der Waals surface area contributed by atoms with Gasteiger partial charge in [0.15, 0.2) is 0 Å². The Morgan fingerprint density at radius 2 is 2.31 bits per heavy atom. The summed E-state index contributed by atoms with van der Waals surface area (Å²) >= 11 is 0. The van der Waals surface area contributed by atoms with E-state index in [2.05, 4.69) is 42.4 Å². The smallest absolute Gasteiger partial charge is 0.0861 e. The molecule has 1 aromatic heterocycles. The van der Waals surface area contributed by atoms with E-state index >= 15 is 0 Å². The zero-order chi connectivity index (χ0) is 9.26. The van der Waals surface area contributed by atoms with Crippen LogP contribution < -0.4 is 5.32 Å². The van der Waals surface area contributed by atoms with E-state index in [0.717, 1.165) is 12.2 Å². The average molecular weight is 174 g/mol. The van der Waals surface area contributed by atoms with Crippen molar-refractivity contribution in [3.05, 3.63) is 29.6 Å². The maximum atomic E-state index is 4.31. The van der Waals surface area contributed by atoms with Crippen LogP contribution in [0.25, 0.3) is 6.08 Å². The largest absolute Gasteiger partial charge is 0.380 e. The van der Waals surface area contributed by atoms with Gasteiger partial charge < -0.3 is 5.32 Å². The van der Waals surface area contributed by atoms with Crippen molar-refractivity contribution in [2.75, 3.05) is 11.9 Å². The van der Waals surface area contributed by atoms with E-state index in [4.69, 9.17) is 0 Å². The molecule has 1 N–H and O–H groups in total. The second-order valence-corrected chi connectivity index (χ2v) is 3.60. The lowest BCUT2D eigenvalue weighted by atomic mass is 10.00. The Labute approximate surface area is 78.7 Å². The fourth-order valence-corrected chi connectivity index (χ4v) is 1.63. The summed E-state index contributed by atoms with van der Waals surface area (Å²) in [7, 11) is 0. The maximum absolute atomic E-state index is 4.31. The van der Waals surface area contributed by atoms with Gasteiger partial charge in [-0.1, -0.05) is 19.9 Å². The summed E-state index contributed by atoms with van der Waals surface area (Å²) in [5.74, 6) is 0.552. The molecule has 1 aliphatic heterocycles. The molecule has 1 aromatic rings. The predicted octanol–water partition coefficient (Wildman–Crippen LogP) is 2.64. The van der Waals surface area contributed by atoms with Crippen LogP contribution >= 0.6 is 0 Å². The summed E-state index contributed by atoms with van der Waals surface area (Å²) in [6, 6.07) is 2.09. The highest BCUT2D eigenvalue weighted by molar-refractivity contribution is 5.70.